The van der Waals surface area contributed by atoms with Crippen LogP contribution in [-0.2, 0) is 16.6 Å². The predicted octanol–water partition coefficient (Wildman–Crippen LogP) is 4.66. The minimum atomic E-state index is -3.79. The van der Waals surface area contributed by atoms with E-state index in [2.05, 4.69) is 15.0 Å². The summed E-state index contributed by atoms with van der Waals surface area (Å²) in [6, 6.07) is 24.6. The van der Waals surface area contributed by atoms with E-state index in [0.29, 0.717) is 22.5 Å². The van der Waals surface area contributed by atoms with Gasteiger partial charge in [0.05, 0.1) is 28.7 Å². The number of sulfonamides is 1. The average molecular weight is 487 g/mol. The van der Waals surface area contributed by atoms with Crippen molar-refractivity contribution in [1.82, 2.24) is 14.3 Å². The lowest BCUT2D eigenvalue weighted by Crippen LogP contribution is -2.23. The fourth-order valence-corrected chi connectivity index (χ4v) is 4.89. The first-order chi connectivity index (χ1) is 16.9. The van der Waals surface area contributed by atoms with Gasteiger partial charge in [0.1, 0.15) is 11.6 Å². The molecule has 2 aromatic heterocycles. The summed E-state index contributed by atoms with van der Waals surface area (Å²) in [6.45, 7) is 1.94. The van der Waals surface area contributed by atoms with Crippen molar-refractivity contribution in [3.8, 4) is 5.69 Å². The summed E-state index contributed by atoms with van der Waals surface area (Å²) in [5.41, 5.74) is 3.35. The van der Waals surface area contributed by atoms with Crippen LogP contribution in [0.25, 0.3) is 16.7 Å². The lowest BCUT2D eigenvalue weighted by atomic mass is 10.1. The largest absolute Gasteiger partial charge is 0.468 e. The lowest BCUT2D eigenvalue weighted by Gasteiger charge is -2.10. The molecule has 176 valence electrons. The highest BCUT2D eigenvalue weighted by atomic mass is 32.2. The molecule has 8 nitrogen and oxygen atoms in total. The van der Waals surface area contributed by atoms with E-state index in [-0.39, 0.29) is 17.3 Å². The van der Waals surface area contributed by atoms with Gasteiger partial charge >= 0.3 is 0 Å². The Kier molecular flexibility index (Phi) is 5.94. The van der Waals surface area contributed by atoms with Crippen LogP contribution in [0.5, 0.6) is 0 Å². The van der Waals surface area contributed by atoms with E-state index in [9.17, 15) is 13.2 Å². The number of carbonyl (C=O) groups is 1. The Morgan fingerprint density at radius 3 is 2.57 bits per heavy atom. The molecule has 0 spiro atoms. The number of hydrogen-bond donors (Lipinski definition) is 2. The summed E-state index contributed by atoms with van der Waals surface area (Å²) >= 11 is 0. The number of aromatic nitrogens is 2. The molecular formula is C26H22N4O4S. The molecule has 2 N–H and O–H groups in total. The first kappa shape index (κ1) is 22.6. The van der Waals surface area contributed by atoms with Crippen LogP contribution in [0.3, 0.4) is 0 Å². The van der Waals surface area contributed by atoms with Crippen LogP contribution in [0.4, 0.5) is 5.69 Å². The number of hydrogen-bond acceptors (Lipinski definition) is 5. The van der Waals surface area contributed by atoms with Gasteiger partial charge in [-0.05, 0) is 67.6 Å². The number of para-hydroxylation sites is 1. The van der Waals surface area contributed by atoms with Gasteiger partial charge in [-0.2, -0.15) is 0 Å². The van der Waals surface area contributed by atoms with Crippen molar-refractivity contribution >= 4 is 32.7 Å². The molecule has 0 unspecified atom stereocenters. The summed E-state index contributed by atoms with van der Waals surface area (Å²) in [5.74, 6) is 0.944. The zero-order valence-corrected chi connectivity index (χ0v) is 19.6. The van der Waals surface area contributed by atoms with Gasteiger partial charge in [0.25, 0.3) is 5.91 Å². The zero-order valence-electron chi connectivity index (χ0n) is 18.8. The molecule has 0 atom stereocenters. The maximum Gasteiger partial charge on any atom is 0.255 e. The van der Waals surface area contributed by atoms with Gasteiger partial charge < -0.3 is 9.73 Å². The molecule has 1 amide bonds. The molecular weight excluding hydrogens is 464 g/mol. The van der Waals surface area contributed by atoms with Crippen LogP contribution in [0.2, 0.25) is 0 Å². The number of anilines is 1. The van der Waals surface area contributed by atoms with Crippen molar-refractivity contribution in [2.75, 3.05) is 5.32 Å². The molecule has 5 aromatic rings. The Morgan fingerprint density at radius 1 is 0.971 bits per heavy atom. The Balaban J connectivity index is 1.36. The number of rotatable bonds is 7. The molecule has 2 heterocycles. The fraction of sp³-hybridized carbons (Fsp3) is 0.0769. The fourth-order valence-electron chi connectivity index (χ4n) is 3.85. The van der Waals surface area contributed by atoms with Gasteiger partial charge in [-0.1, -0.05) is 24.3 Å². The number of imidazole rings is 1. The maximum absolute atomic E-state index is 12.9. The van der Waals surface area contributed by atoms with Gasteiger partial charge in [-0.3, -0.25) is 9.36 Å². The zero-order chi connectivity index (χ0) is 24.4. The lowest BCUT2D eigenvalue weighted by molar-refractivity contribution is 0.102. The number of fused-ring (bicyclic) bond motifs is 1. The molecule has 5 rings (SSSR count). The number of nitrogens with one attached hydrogen (secondary N) is 2. The van der Waals surface area contributed by atoms with Crippen LogP contribution in [0, 0.1) is 6.92 Å². The highest BCUT2D eigenvalue weighted by Gasteiger charge is 2.17. The number of furan rings is 1. The van der Waals surface area contributed by atoms with E-state index in [0.717, 1.165) is 17.0 Å². The normalized spacial score (nSPS) is 11.6. The summed E-state index contributed by atoms with van der Waals surface area (Å²) in [6.07, 6.45) is 1.48. The van der Waals surface area contributed by atoms with Crippen LogP contribution in [-0.4, -0.2) is 23.9 Å². The van der Waals surface area contributed by atoms with Gasteiger partial charge in [0.15, 0.2) is 0 Å². The van der Waals surface area contributed by atoms with Gasteiger partial charge in [0, 0.05) is 16.9 Å². The van der Waals surface area contributed by atoms with Crippen LogP contribution in [0.1, 0.15) is 21.9 Å². The first-order valence-electron chi connectivity index (χ1n) is 10.9. The van der Waals surface area contributed by atoms with E-state index >= 15 is 0 Å². The van der Waals surface area contributed by atoms with Crippen molar-refractivity contribution < 1.29 is 17.6 Å². The van der Waals surface area contributed by atoms with E-state index in [4.69, 9.17) is 4.42 Å². The van der Waals surface area contributed by atoms with Crippen molar-refractivity contribution in [1.29, 1.82) is 0 Å². The summed E-state index contributed by atoms with van der Waals surface area (Å²) in [7, 11) is -3.79. The van der Waals surface area contributed by atoms with Crippen molar-refractivity contribution in [2.24, 2.45) is 0 Å². The second kappa shape index (κ2) is 9.21. The van der Waals surface area contributed by atoms with E-state index in [1.807, 2.05) is 47.9 Å². The molecule has 0 aliphatic carbocycles. The number of aryl methyl sites for hydroxylation is 1. The van der Waals surface area contributed by atoms with Gasteiger partial charge in [-0.15, -0.1) is 0 Å². The third-order valence-electron chi connectivity index (χ3n) is 5.52. The smallest absolute Gasteiger partial charge is 0.255 e. The quantitative estimate of drug-likeness (QED) is 0.348. The summed E-state index contributed by atoms with van der Waals surface area (Å²) in [5, 5.41) is 2.77. The van der Waals surface area contributed by atoms with Crippen molar-refractivity contribution in [2.45, 2.75) is 18.4 Å². The molecule has 0 saturated carbocycles. The molecule has 0 aliphatic heterocycles. The minimum absolute atomic E-state index is 0.0287. The molecule has 0 aliphatic rings. The van der Waals surface area contributed by atoms with Crippen LogP contribution < -0.4 is 10.0 Å². The average Bonchev–Trinajstić information content (AvgIpc) is 3.50. The molecule has 9 heteroatoms. The summed E-state index contributed by atoms with van der Waals surface area (Å²) in [4.78, 5) is 17.6. The third-order valence-corrected chi connectivity index (χ3v) is 6.92. The second-order valence-corrected chi connectivity index (χ2v) is 9.69. The molecule has 35 heavy (non-hydrogen) atoms. The van der Waals surface area contributed by atoms with Crippen molar-refractivity contribution in [3.63, 3.8) is 0 Å². The minimum Gasteiger partial charge on any atom is -0.468 e. The predicted molar refractivity (Wildman–Crippen MR) is 133 cm³/mol. The highest BCUT2D eigenvalue weighted by molar-refractivity contribution is 7.89. The maximum atomic E-state index is 12.9. The van der Waals surface area contributed by atoms with Crippen LogP contribution >= 0.6 is 0 Å². The Hall–Kier alpha value is -4.21. The molecule has 0 radical (unpaired) electrons. The molecule has 0 saturated heterocycles. The Morgan fingerprint density at radius 2 is 1.80 bits per heavy atom. The van der Waals surface area contributed by atoms with E-state index < -0.39 is 10.0 Å². The van der Waals surface area contributed by atoms with Crippen LogP contribution in [0.15, 0.2) is 101 Å². The van der Waals surface area contributed by atoms with E-state index in [1.165, 1.54) is 18.4 Å². The third kappa shape index (κ3) is 4.72. The highest BCUT2D eigenvalue weighted by Crippen LogP contribution is 2.23. The molecule has 0 bridgehead atoms. The Bertz CT molecular complexity index is 1610. The van der Waals surface area contributed by atoms with E-state index in [1.54, 1.807) is 36.4 Å². The molecule has 0 fully saturated rings. The standard InChI is InChI=1S/C26H22N4O4S/c1-18-28-24-15-19(12-13-25(24)30(18)21-8-3-2-4-9-21)26(31)29-20-7-5-11-23(16-20)35(32,33)27-17-22-10-6-14-34-22/h2-16,27H,17H2,1H3,(H,29,31). The number of benzene rings is 3. The number of carbonyl (C=O) groups excluding carboxylic acids is 1. The van der Waals surface area contributed by atoms with Crippen molar-refractivity contribution in [3.05, 3.63) is 108 Å². The number of nitrogens with zero attached hydrogens (tertiary/aromatic N) is 2. The molecule has 3 aromatic carbocycles. The summed E-state index contributed by atoms with van der Waals surface area (Å²) < 4.78 is 35.0. The number of amides is 1. The second-order valence-electron chi connectivity index (χ2n) is 7.92. The first-order valence-corrected chi connectivity index (χ1v) is 12.4. The van der Waals surface area contributed by atoms with Gasteiger partial charge in [0.2, 0.25) is 10.0 Å². The topological polar surface area (TPSA) is 106 Å². The SMILES string of the molecule is Cc1nc2cc(C(=O)Nc3cccc(S(=O)(=O)NCc4ccco4)c3)ccc2n1-c1ccccc1. The van der Waals surface area contributed by atoms with Gasteiger partial charge in [-0.25, -0.2) is 18.1 Å². The Labute approximate surface area is 202 Å². The monoisotopic (exact) mass is 486 g/mol.